The lowest BCUT2D eigenvalue weighted by molar-refractivity contribution is -0.146. The van der Waals surface area contributed by atoms with Gasteiger partial charge in [0.15, 0.2) is 0 Å². The average Bonchev–Trinajstić information content (AvgIpc) is 2.87. The van der Waals surface area contributed by atoms with Gasteiger partial charge in [-0.25, -0.2) is 19.4 Å². The topological polar surface area (TPSA) is 92.7 Å². The number of H-pyrrole nitrogens is 1. The number of nitrogens with zero attached hydrogens (tertiary/aromatic N) is 3. The molecule has 2 N–H and O–H groups in total. The van der Waals surface area contributed by atoms with E-state index in [0.717, 1.165) is 37.9 Å². The maximum Gasteiger partial charge on any atom is 0.452 e. The number of aromatic nitrogens is 4. The SMILES string of the molecule is O=C(NCC1CCCCCC1)c1cc(-n2c(C(F)(F)F)n[nH]c2=O)cnc1Cl. The lowest BCUT2D eigenvalue weighted by atomic mass is 10.0. The Kier molecular flexibility index (Phi) is 6.07. The minimum atomic E-state index is -4.86. The molecule has 0 saturated heterocycles. The Hall–Kier alpha value is -2.36. The van der Waals surface area contributed by atoms with E-state index < -0.39 is 23.6 Å². The van der Waals surface area contributed by atoms with Gasteiger partial charge in [0.25, 0.3) is 5.91 Å². The first kappa shape index (κ1) is 20.4. The van der Waals surface area contributed by atoms with E-state index in [1.807, 2.05) is 0 Å². The highest BCUT2D eigenvalue weighted by Gasteiger charge is 2.38. The predicted molar refractivity (Wildman–Crippen MR) is 95.5 cm³/mol. The first-order valence-corrected chi connectivity index (χ1v) is 9.34. The van der Waals surface area contributed by atoms with Crippen molar-refractivity contribution in [2.24, 2.45) is 5.92 Å². The summed E-state index contributed by atoms with van der Waals surface area (Å²) in [5.41, 5.74) is -1.45. The zero-order valence-corrected chi connectivity index (χ0v) is 15.6. The highest BCUT2D eigenvalue weighted by Crippen LogP contribution is 2.28. The molecule has 1 aliphatic rings. The van der Waals surface area contributed by atoms with Gasteiger partial charge >= 0.3 is 11.9 Å². The summed E-state index contributed by atoms with van der Waals surface area (Å²) in [7, 11) is 0. The van der Waals surface area contributed by atoms with Crippen molar-refractivity contribution >= 4 is 17.5 Å². The summed E-state index contributed by atoms with van der Waals surface area (Å²) < 4.78 is 39.5. The zero-order chi connectivity index (χ0) is 20.3. The van der Waals surface area contributed by atoms with Gasteiger partial charge in [-0.2, -0.15) is 13.2 Å². The lowest BCUT2D eigenvalue weighted by Gasteiger charge is -2.15. The second kappa shape index (κ2) is 8.34. The Morgan fingerprint density at radius 1 is 1.29 bits per heavy atom. The molecule has 2 aromatic heterocycles. The highest BCUT2D eigenvalue weighted by atomic mass is 35.5. The Balaban J connectivity index is 1.83. The summed E-state index contributed by atoms with van der Waals surface area (Å²) >= 11 is 5.96. The Labute approximate surface area is 163 Å². The number of hydrogen-bond acceptors (Lipinski definition) is 4. The van der Waals surface area contributed by atoms with Crippen LogP contribution in [0.3, 0.4) is 0 Å². The normalized spacial score (nSPS) is 16.0. The standard InChI is InChI=1S/C17H19ClF3N5O2/c18-13-12(14(27)23-8-10-5-3-1-2-4-6-10)7-11(9-22-13)26-15(17(19,20)21)24-25-16(26)28/h7,9-10H,1-6,8H2,(H,23,27)(H,25,28). The van der Waals surface area contributed by atoms with E-state index in [9.17, 15) is 22.8 Å². The molecular weight excluding hydrogens is 399 g/mol. The summed E-state index contributed by atoms with van der Waals surface area (Å²) in [6.45, 7) is 0.457. The van der Waals surface area contributed by atoms with Gasteiger partial charge in [0.1, 0.15) is 5.15 Å². The molecule has 1 fully saturated rings. The zero-order valence-electron chi connectivity index (χ0n) is 14.9. The molecular formula is C17H19ClF3N5O2. The summed E-state index contributed by atoms with van der Waals surface area (Å²) in [6, 6.07) is 1.10. The number of carbonyl (C=O) groups excluding carboxylic acids is 1. The minimum absolute atomic E-state index is 0.103. The fraction of sp³-hybridized carbons (Fsp3) is 0.529. The van der Waals surface area contributed by atoms with Crippen LogP contribution in [-0.4, -0.2) is 32.2 Å². The van der Waals surface area contributed by atoms with E-state index in [4.69, 9.17) is 11.6 Å². The van der Waals surface area contributed by atoms with Gasteiger partial charge in [0.05, 0.1) is 17.4 Å². The number of rotatable bonds is 4. The number of alkyl halides is 3. The van der Waals surface area contributed by atoms with Crippen molar-refractivity contribution < 1.29 is 18.0 Å². The number of aromatic amines is 1. The Morgan fingerprint density at radius 3 is 2.61 bits per heavy atom. The van der Waals surface area contributed by atoms with E-state index in [0.29, 0.717) is 17.0 Å². The van der Waals surface area contributed by atoms with Crippen LogP contribution in [0.15, 0.2) is 17.1 Å². The molecule has 0 bridgehead atoms. The average molecular weight is 418 g/mol. The molecule has 152 valence electrons. The predicted octanol–water partition coefficient (Wildman–Crippen LogP) is 3.33. The maximum atomic E-state index is 13.1. The summed E-state index contributed by atoms with van der Waals surface area (Å²) in [5, 5.41) is 7.37. The van der Waals surface area contributed by atoms with Crippen LogP contribution in [0.4, 0.5) is 13.2 Å². The number of amides is 1. The Morgan fingerprint density at radius 2 is 1.96 bits per heavy atom. The van der Waals surface area contributed by atoms with Gasteiger partial charge < -0.3 is 5.32 Å². The summed E-state index contributed by atoms with van der Waals surface area (Å²) in [5.74, 6) is -1.63. The van der Waals surface area contributed by atoms with E-state index in [-0.39, 0.29) is 16.4 Å². The van der Waals surface area contributed by atoms with Crippen molar-refractivity contribution in [3.05, 3.63) is 39.3 Å². The van der Waals surface area contributed by atoms with Crippen molar-refractivity contribution in [3.8, 4) is 5.69 Å². The van der Waals surface area contributed by atoms with Crippen LogP contribution in [0, 0.1) is 5.92 Å². The number of halogens is 4. The molecule has 0 atom stereocenters. The molecule has 3 rings (SSSR count). The Bertz CT molecular complexity index is 901. The number of nitrogens with one attached hydrogen (secondary N) is 2. The van der Waals surface area contributed by atoms with Crippen LogP contribution in [0.5, 0.6) is 0 Å². The maximum absolute atomic E-state index is 13.1. The van der Waals surface area contributed by atoms with Crippen LogP contribution in [-0.2, 0) is 6.18 Å². The second-order valence-corrected chi connectivity index (χ2v) is 7.14. The fourth-order valence-electron chi connectivity index (χ4n) is 3.35. The van der Waals surface area contributed by atoms with E-state index in [1.54, 1.807) is 5.10 Å². The van der Waals surface area contributed by atoms with Crippen molar-refractivity contribution in [1.29, 1.82) is 0 Å². The molecule has 0 aliphatic heterocycles. The number of pyridine rings is 1. The van der Waals surface area contributed by atoms with Gasteiger partial charge in [0, 0.05) is 6.54 Å². The molecule has 1 amide bonds. The summed E-state index contributed by atoms with van der Waals surface area (Å²) in [4.78, 5) is 28.1. The molecule has 2 aromatic rings. The largest absolute Gasteiger partial charge is 0.452 e. The molecule has 0 radical (unpaired) electrons. The van der Waals surface area contributed by atoms with E-state index in [2.05, 4.69) is 15.4 Å². The van der Waals surface area contributed by atoms with Crippen LogP contribution < -0.4 is 11.0 Å². The second-order valence-electron chi connectivity index (χ2n) is 6.79. The number of carbonyl (C=O) groups is 1. The van der Waals surface area contributed by atoms with Gasteiger partial charge in [-0.15, -0.1) is 5.10 Å². The van der Waals surface area contributed by atoms with Crippen molar-refractivity contribution in [1.82, 2.24) is 25.1 Å². The monoisotopic (exact) mass is 417 g/mol. The van der Waals surface area contributed by atoms with E-state index in [1.165, 1.54) is 12.8 Å². The molecule has 0 aromatic carbocycles. The van der Waals surface area contributed by atoms with Crippen molar-refractivity contribution in [2.45, 2.75) is 44.7 Å². The van der Waals surface area contributed by atoms with Crippen LogP contribution in [0.2, 0.25) is 5.15 Å². The molecule has 0 spiro atoms. The van der Waals surface area contributed by atoms with Crippen LogP contribution >= 0.6 is 11.6 Å². The van der Waals surface area contributed by atoms with Crippen molar-refractivity contribution in [3.63, 3.8) is 0 Å². The molecule has 28 heavy (non-hydrogen) atoms. The molecule has 7 nitrogen and oxygen atoms in total. The van der Waals surface area contributed by atoms with Crippen LogP contribution in [0.25, 0.3) is 5.69 Å². The third-order valence-corrected chi connectivity index (χ3v) is 5.08. The first-order valence-electron chi connectivity index (χ1n) is 8.96. The first-order chi connectivity index (χ1) is 13.3. The fourth-order valence-corrected chi connectivity index (χ4v) is 3.53. The molecule has 2 heterocycles. The third kappa shape index (κ3) is 4.54. The smallest absolute Gasteiger partial charge is 0.352 e. The molecule has 0 unspecified atom stereocenters. The van der Waals surface area contributed by atoms with Gasteiger partial charge in [-0.05, 0) is 24.8 Å². The van der Waals surface area contributed by atoms with Crippen LogP contribution in [0.1, 0.15) is 54.7 Å². The lowest BCUT2D eigenvalue weighted by Crippen LogP contribution is -2.30. The quantitative estimate of drug-likeness (QED) is 0.589. The van der Waals surface area contributed by atoms with Crippen molar-refractivity contribution in [2.75, 3.05) is 6.54 Å². The third-order valence-electron chi connectivity index (χ3n) is 4.78. The van der Waals surface area contributed by atoms with Gasteiger partial charge in [0.2, 0.25) is 5.82 Å². The molecule has 1 saturated carbocycles. The van der Waals surface area contributed by atoms with Gasteiger partial charge in [-0.1, -0.05) is 37.3 Å². The minimum Gasteiger partial charge on any atom is -0.352 e. The molecule has 11 heteroatoms. The number of hydrogen-bond donors (Lipinski definition) is 2. The van der Waals surface area contributed by atoms with Gasteiger partial charge in [-0.3, -0.25) is 4.79 Å². The summed E-state index contributed by atoms with van der Waals surface area (Å²) in [6.07, 6.45) is 2.75. The highest BCUT2D eigenvalue weighted by molar-refractivity contribution is 6.32. The molecule has 1 aliphatic carbocycles. The van der Waals surface area contributed by atoms with E-state index >= 15 is 0 Å².